The van der Waals surface area contributed by atoms with Crippen LogP contribution in [-0.4, -0.2) is 29.0 Å². The molecule has 6 heteroatoms. The zero-order valence-corrected chi connectivity index (χ0v) is 14.8. The molecule has 0 spiro atoms. The maximum atomic E-state index is 12.8. The summed E-state index contributed by atoms with van der Waals surface area (Å²) < 4.78 is 5.81. The van der Waals surface area contributed by atoms with Gasteiger partial charge in [0.1, 0.15) is 11.4 Å². The van der Waals surface area contributed by atoms with Gasteiger partial charge in [-0.25, -0.2) is 9.97 Å². The molecule has 4 rings (SSSR count). The number of ether oxygens (including phenoxy) is 1. The lowest BCUT2D eigenvalue weighted by molar-refractivity contribution is 0.0939. The summed E-state index contributed by atoms with van der Waals surface area (Å²) in [5.41, 5.74) is 9.38. The van der Waals surface area contributed by atoms with Crippen molar-refractivity contribution in [2.75, 3.05) is 18.9 Å². The predicted octanol–water partition coefficient (Wildman–Crippen LogP) is 2.31. The highest BCUT2D eigenvalue weighted by molar-refractivity contribution is 5.94. The third-order valence-electron chi connectivity index (χ3n) is 5.23. The van der Waals surface area contributed by atoms with Crippen molar-refractivity contribution in [3.63, 3.8) is 0 Å². The Kier molecular flexibility index (Phi) is 4.73. The minimum atomic E-state index is -0.143. The number of amides is 1. The number of para-hydroxylation sites is 1. The Morgan fingerprint density at radius 3 is 3.00 bits per heavy atom. The number of rotatable bonds is 3. The molecule has 1 amide bonds. The average Bonchev–Trinajstić information content (AvgIpc) is 2.87. The van der Waals surface area contributed by atoms with Crippen LogP contribution in [0.15, 0.2) is 24.3 Å². The number of anilines is 1. The fourth-order valence-electron chi connectivity index (χ4n) is 3.86. The molecular formula is C20H24N4O2. The van der Waals surface area contributed by atoms with Crippen molar-refractivity contribution in [3.05, 3.63) is 46.8 Å². The molecule has 0 bridgehead atoms. The molecule has 1 aromatic carbocycles. The number of hydrogen-bond donors (Lipinski definition) is 2. The van der Waals surface area contributed by atoms with Crippen molar-refractivity contribution in [1.82, 2.24) is 15.3 Å². The summed E-state index contributed by atoms with van der Waals surface area (Å²) in [7, 11) is 0. The molecule has 2 aliphatic rings. The standard InChI is InChI=1S/C20H24N4O2/c21-20-23-16-7-3-2-6-15(16)18(24-20)19(25)22-12-13-9-10-26-17-8-4-1-5-14(17)11-13/h1,4-5,8,13H,2-3,6-7,9-12H2,(H,22,25)(H2,21,23,24). The molecule has 2 aromatic rings. The number of nitrogens with two attached hydrogens (primary N) is 1. The largest absolute Gasteiger partial charge is 0.493 e. The van der Waals surface area contributed by atoms with Crippen LogP contribution in [0.1, 0.15) is 46.6 Å². The molecule has 1 aliphatic carbocycles. The number of fused-ring (bicyclic) bond motifs is 2. The monoisotopic (exact) mass is 352 g/mol. The summed E-state index contributed by atoms with van der Waals surface area (Å²) in [6.07, 6.45) is 5.70. The molecule has 26 heavy (non-hydrogen) atoms. The van der Waals surface area contributed by atoms with Crippen molar-refractivity contribution in [3.8, 4) is 5.75 Å². The normalized spacial score (nSPS) is 18.8. The van der Waals surface area contributed by atoms with Gasteiger partial charge in [0.05, 0.1) is 6.61 Å². The first-order valence-corrected chi connectivity index (χ1v) is 9.35. The van der Waals surface area contributed by atoms with E-state index < -0.39 is 0 Å². The van der Waals surface area contributed by atoms with Gasteiger partial charge in [0.25, 0.3) is 5.91 Å². The van der Waals surface area contributed by atoms with Gasteiger partial charge in [0.15, 0.2) is 0 Å². The molecule has 136 valence electrons. The quantitative estimate of drug-likeness (QED) is 0.885. The smallest absolute Gasteiger partial charge is 0.270 e. The lowest BCUT2D eigenvalue weighted by atomic mass is 9.94. The van der Waals surface area contributed by atoms with Crippen LogP contribution in [0.4, 0.5) is 5.95 Å². The van der Waals surface area contributed by atoms with E-state index >= 15 is 0 Å². The van der Waals surface area contributed by atoms with Crippen molar-refractivity contribution >= 4 is 11.9 Å². The van der Waals surface area contributed by atoms with Gasteiger partial charge in [-0.15, -0.1) is 0 Å². The molecule has 3 N–H and O–H groups in total. The zero-order valence-electron chi connectivity index (χ0n) is 14.8. The second kappa shape index (κ2) is 7.32. The van der Waals surface area contributed by atoms with Gasteiger partial charge < -0.3 is 15.8 Å². The number of nitrogens with one attached hydrogen (secondary N) is 1. The summed E-state index contributed by atoms with van der Waals surface area (Å²) in [5.74, 6) is 1.35. The van der Waals surface area contributed by atoms with Crippen molar-refractivity contribution < 1.29 is 9.53 Å². The summed E-state index contributed by atoms with van der Waals surface area (Å²) in [4.78, 5) is 21.3. The highest BCUT2D eigenvalue weighted by Crippen LogP contribution is 2.26. The Labute approximate surface area is 153 Å². The van der Waals surface area contributed by atoms with Crippen LogP contribution in [0, 0.1) is 5.92 Å². The summed E-state index contributed by atoms with van der Waals surface area (Å²) in [6.45, 7) is 1.28. The van der Waals surface area contributed by atoms with E-state index in [1.807, 2.05) is 18.2 Å². The van der Waals surface area contributed by atoms with E-state index in [9.17, 15) is 4.79 Å². The summed E-state index contributed by atoms with van der Waals surface area (Å²) in [5, 5.41) is 3.06. The van der Waals surface area contributed by atoms with Crippen LogP contribution in [0.2, 0.25) is 0 Å². The second-order valence-electron chi connectivity index (χ2n) is 7.09. The molecule has 0 saturated heterocycles. The van der Waals surface area contributed by atoms with Crippen LogP contribution < -0.4 is 15.8 Å². The molecule has 1 aromatic heterocycles. The molecule has 1 aliphatic heterocycles. The number of benzene rings is 1. The molecule has 0 saturated carbocycles. The zero-order chi connectivity index (χ0) is 17.9. The number of aromatic nitrogens is 2. The summed E-state index contributed by atoms with van der Waals surface area (Å²) in [6, 6.07) is 8.12. The van der Waals surface area contributed by atoms with Gasteiger partial charge in [-0.3, -0.25) is 4.79 Å². The number of hydrogen-bond acceptors (Lipinski definition) is 5. The first kappa shape index (κ1) is 16.8. The Morgan fingerprint density at radius 2 is 2.08 bits per heavy atom. The Balaban J connectivity index is 1.45. The first-order valence-electron chi connectivity index (χ1n) is 9.35. The van der Waals surface area contributed by atoms with Crippen LogP contribution in [0.25, 0.3) is 0 Å². The van der Waals surface area contributed by atoms with Gasteiger partial charge in [-0.05, 0) is 56.1 Å². The lowest BCUT2D eigenvalue weighted by Gasteiger charge is -2.19. The van der Waals surface area contributed by atoms with Crippen molar-refractivity contribution in [2.45, 2.75) is 38.5 Å². The van der Waals surface area contributed by atoms with Crippen LogP contribution in [-0.2, 0) is 19.3 Å². The van der Waals surface area contributed by atoms with E-state index in [4.69, 9.17) is 10.5 Å². The predicted molar refractivity (Wildman–Crippen MR) is 99.2 cm³/mol. The molecule has 1 unspecified atom stereocenters. The third kappa shape index (κ3) is 3.49. The molecule has 0 fully saturated rings. The molecule has 6 nitrogen and oxygen atoms in total. The lowest BCUT2D eigenvalue weighted by Crippen LogP contribution is -2.32. The fraction of sp³-hybridized carbons (Fsp3) is 0.450. The number of aryl methyl sites for hydroxylation is 1. The highest BCUT2D eigenvalue weighted by atomic mass is 16.5. The summed E-state index contributed by atoms with van der Waals surface area (Å²) >= 11 is 0. The van der Waals surface area contributed by atoms with E-state index in [0.29, 0.717) is 24.8 Å². The number of carbonyl (C=O) groups is 1. The third-order valence-corrected chi connectivity index (χ3v) is 5.23. The van der Waals surface area contributed by atoms with E-state index in [0.717, 1.165) is 55.5 Å². The average molecular weight is 352 g/mol. The maximum absolute atomic E-state index is 12.8. The van der Waals surface area contributed by atoms with Gasteiger partial charge >= 0.3 is 0 Å². The van der Waals surface area contributed by atoms with Crippen LogP contribution >= 0.6 is 0 Å². The minimum absolute atomic E-state index is 0.143. The van der Waals surface area contributed by atoms with Crippen molar-refractivity contribution in [1.29, 1.82) is 0 Å². The minimum Gasteiger partial charge on any atom is -0.493 e. The number of nitrogens with zero attached hydrogens (tertiary/aromatic N) is 2. The number of nitrogen functional groups attached to an aromatic ring is 1. The van der Waals surface area contributed by atoms with Crippen molar-refractivity contribution in [2.24, 2.45) is 5.92 Å². The molecular weight excluding hydrogens is 328 g/mol. The van der Waals surface area contributed by atoms with Gasteiger partial charge in [-0.1, -0.05) is 18.2 Å². The van der Waals surface area contributed by atoms with Gasteiger partial charge in [0, 0.05) is 17.8 Å². The second-order valence-corrected chi connectivity index (χ2v) is 7.09. The van der Waals surface area contributed by atoms with Gasteiger partial charge in [-0.2, -0.15) is 0 Å². The molecule has 2 heterocycles. The number of carbonyl (C=O) groups excluding carboxylic acids is 1. The van der Waals surface area contributed by atoms with Crippen LogP contribution in [0.3, 0.4) is 0 Å². The van der Waals surface area contributed by atoms with E-state index in [1.165, 1.54) is 5.56 Å². The first-order chi connectivity index (χ1) is 12.7. The SMILES string of the molecule is Nc1nc2c(c(C(=O)NCC3CCOc4ccccc4C3)n1)CCCC2. The van der Waals surface area contributed by atoms with E-state index in [2.05, 4.69) is 21.4 Å². The van der Waals surface area contributed by atoms with E-state index in [1.54, 1.807) is 0 Å². The Bertz CT molecular complexity index is 821. The molecule has 0 radical (unpaired) electrons. The fourth-order valence-corrected chi connectivity index (χ4v) is 3.86. The molecule has 1 atom stereocenters. The Hall–Kier alpha value is -2.63. The highest BCUT2D eigenvalue weighted by Gasteiger charge is 2.23. The maximum Gasteiger partial charge on any atom is 0.270 e. The van der Waals surface area contributed by atoms with Crippen LogP contribution in [0.5, 0.6) is 5.75 Å². The van der Waals surface area contributed by atoms with E-state index in [-0.39, 0.29) is 11.9 Å². The van der Waals surface area contributed by atoms with Gasteiger partial charge in [0.2, 0.25) is 5.95 Å². The topological polar surface area (TPSA) is 90.1 Å². The Morgan fingerprint density at radius 1 is 1.23 bits per heavy atom.